The van der Waals surface area contributed by atoms with Crippen LogP contribution in [0.5, 0.6) is 0 Å². The SMILES string of the molecule is CCc1ccc(N2C(=O)[C@@H]3[C@H](c4ccc(Cl)cc4)OC4(C(=O)c5ccccc5C4=O)[C@H]3C2=O)cc1. The number of Topliss-reactive ketones (excluding diaryl/α,β-unsaturated/α-hetero) is 2. The molecule has 0 unspecified atom stereocenters. The van der Waals surface area contributed by atoms with E-state index in [1.54, 1.807) is 60.7 Å². The van der Waals surface area contributed by atoms with Crippen molar-refractivity contribution < 1.29 is 23.9 Å². The molecule has 2 aliphatic heterocycles. The number of carbonyl (C=O) groups excluding carboxylic acids is 4. The summed E-state index contributed by atoms with van der Waals surface area (Å²) in [6.45, 7) is 2.01. The van der Waals surface area contributed by atoms with Crippen molar-refractivity contribution in [1.82, 2.24) is 0 Å². The quantitative estimate of drug-likeness (QED) is 0.400. The van der Waals surface area contributed by atoms with Crippen molar-refractivity contribution in [3.8, 4) is 0 Å². The fourth-order valence-corrected chi connectivity index (χ4v) is 5.73. The zero-order valence-electron chi connectivity index (χ0n) is 18.7. The van der Waals surface area contributed by atoms with E-state index < -0.39 is 46.9 Å². The molecule has 0 aromatic heterocycles. The van der Waals surface area contributed by atoms with Crippen molar-refractivity contribution in [2.24, 2.45) is 11.8 Å². The average Bonchev–Trinajstić information content (AvgIpc) is 3.44. The summed E-state index contributed by atoms with van der Waals surface area (Å²) in [7, 11) is 0. The van der Waals surface area contributed by atoms with Crippen LogP contribution in [0, 0.1) is 11.8 Å². The van der Waals surface area contributed by atoms with Crippen LogP contribution in [-0.2, 0) is 20.7 Å². The molecule has 3 aromatic rings. The molecule has 2 heterocycles. The molecule has 6 nitrogen and oxygen atoms in total. The molecule has 0 N–H and O–H groups in total. The van der Waals surface area contributed by atoms with Crippen LogP contribution in [-0.4, -0.2) is 29.0 Å². The number of hydrogen-bond acceptors (Lipinski definition) is 5. The number of amides is 2. The number of anilines is 1. The Hall–Kier alpha value is -3.61. The largest absolute Gasteiger partial charge is 0.349 e. The summed E-state index contributed by atoms with van der Waals surface area (Å²) in [5.41, 5.74) is 0.374. The van der Waals surface area contributed by atoms with Gasteiger partial charge in [0, 0.05) is 16.1 Å². The third-order valence-electron chi connectivity index (χ3n) is 7.32. The Kier molecular flexibility index (Phi) is 4.82. The summed E-state index contributed by atoms with van der Waals surface area (Å²) < 4.78 is 6.26. The second-order valence-electron chi connectivity index (χ2n) is 9.06. The number of aryl methyl sites for hydroxylation is 1. The van der Waals surface area contributed by atoms with E-state index in [1.165, 1.54) is 0 Å². The fourth-order valence-electron chi connectivity index (χ4n) is 5.61. The molecule has 0 saturated carbocycles. The van der Waals surface area contributed by atoms with Crippen LogP contribution < -0.4 is 4.90 Å². The Labute approximate surface area is 206 Å². The lowest BCUT2D eigenvalue weighted by molar-refractivity contribution is -0.127. The summed E-state index contributed by atoms with van der Waals surface area (Å²) in [6.07, 6.45) is -0.152. The van der Waals surface area contributed by atoms with Crippen LogP contribution >= 0.6 is 11.6 Å². The van der Waals surface area contributed by atoms with Crippen molar-refractivity contribution in [2.45, 2.75) is 25.0 Å². The molecular formula is C28H20ClNO5. The van der Waals surface area contributed by atoms with Gasteiger partial charge >= 0.3 is 0 Å². The van der Waals surface area contributed by atoms with Gasteiger partial charge in [0.05, 0.1) is 23.6 Å². The molecule has 7 heteroatoms. The van der Waals surface area contributed by atoms with E-state index in [4.69, 9.17) is 16.3 Å². The summed E-state index contributed by atoms with van der Waals surface area (Å²) in [5, 5.41) is 0.491. The van der Waals surface area contributed by atoms with Crippen molar-refractivity contribution in [3.63, 3.8) is 0 Å². The highest BCUT2D eigenvalue weighted by molar-refractivity contribution is 6.37. The van der Waals surface area contributed by atoms with E-state index in [1.807, 2.05) is 19.1 Å². The van der Waals surface area contributed by atoms with E-state index in [2.05, 4.69) is 0 Å². The van der Waals surface area contributed by atoms with Gasteiger partial charge in [0.25, 0.3) is 0 Å². The Bertz CT molecular complexity index is 1380. The number of fused-ring (bicyclic) bond motifs is 3. The maximum absolute atomic E-state index is 13.9. The molecule has 0 radical (unpaired) electrons. The molecule has 6 rings (SSSR count). The first kappa shape index (κ1) is 21.9. The highest BCUT2D eigenvalue weighted by Crippen LogP contribution is 2.57. The van der Waals surface area contributed by atoms with Gasteiger partial charge in [-0.1, -0.05) is 67.1 Å². The van der Waals surface area contributed by atoms with Crippen molar-refractivity contribution >= 4 is 40.7 Å². The minimum absolute atomic E-state index is 0.207. The minimum Gasteiger partial charge on any atom is -0.349 e. The Morgan fingerprint density at radius 2 is 1.43 bits per heavy atom. The first-order valence-corrected chi connectivity index (χ1v) is 11.8. The lowest BCUT2D eigenvalue weighted by Gasteiger charge is -2.27. The maximum Gasteiger partial charge on any atom is 0.241 e. The van der Waals surface area contributed by atoms with Gasteiger partial charge in [-0.15, -0.1) is 0 Å². The summed E-state index contributed by atoms with van der Waals surface area (Å²) >= 11 is 6.06. The molecule has 2 fully saturated rings. The first-order chi connectivity index (χ1) is 16.9. The van der Waals surface area contributed by atoms with Crippen molar-refractivity contribution in [3.05, 3.63) is 100 Å². The van der Waals surface area contributed by atoms with E-state index in [9.17, 15) is 19.2 Å². The number of nitrogens with zero attached hydrogens (tertiary/aromatic N) is 1. The molecule has 3 atom stereocenters. The third kappa shape index (κ3) is 2.87. The number of carbonyl (C=O) groups is 4. The standard InChI is InChI=1S/C28H20ClNO5/c1-2-15-7-13-18(14-8-15)30-26(33)21-22(27(30)34)28(35-23(21)16-9-11-17(29)12-10-16)24(31)19-5-3-4-6-20(19)25(28)32/h3-14,21-23H,2H2,1H3/t21-,22+,23-/m0/s1. The molecule has 2 saturated heterocycles. The molecular weight excluding hydrogens is 466 g/mol. The van der Waals surface area contributed by atoms with E-state index in [-0.39, 0.29) is 11.1 Å². The lowest BCUT2D eigenvalue weighted by atomic mass is 9.77. The highest BCUT2D eigenvalue weighted by atomic mass is 35.5. The number of halogens is 1. The molecule has 3 aromatic carbocycles. The number of ketones is 2. The van der Waals surface area contributed by atoms with Gasteiger partial charge in [-0.3, -0.25) is 19.2 Å². The van der Waals surface area contributed by atoms with Gasteiger partial charge < -0.3 is 4.74 Å². The van der Waals surface area contributed by atoms with Crippen molar-refractivity contribution in [2.75, 3.05) is 4.90 Å². The molecule has 174 valence electrons. The Balaban J connectivity index is 1.52. The minimum atomic E-state index is -2.08. The van der Waals surface area contributed by atoms with Crippen LogP contribution in [0.3, 0.4) is 0 Å². The van der Waals surface area contributed by atoms with Gasteiger partial charge in [-0.05, 0) is 41.8 Å². The third-order valence-corrected chi connectivity index (χ3v) is 7.57. The van der Waals surface area contributed by atoms with Crippen molar-refractivity contribution in [1.29, 1.82) is 0 Å². The van der Waals surface area contributed by atoms with Gasteiger partial charge in [0.15, 0.2) is 0 Å². The predicted octanol–water partition coefficient (Wildman–Crippen LogP) is 4.60. The molecule has 1 spiro atoms. The van der Waals surface area contributed by atoms with Crippen LogP contribution in [0.2, 0.25) is 5.02 Å². The molecule has 0 bridgehead atoms. The normalized spacial score (nSPS) is 24.4. The number of rotatable bonds is 3. The fraction of sp³-hybridized carbons (Fsp3) is 0.214. The summed E-state index contributed by atoms with van der Waals surface area (Å²) in [4.78, 5) is 56.3. The number of benzene rings is 3. The number of ether oxygens (including phenoxy) is 1. The number of imide groups is 1. The molecule has 2 amide bonds. The predicted molar refractivity (Wildman–Crippen MR) is 128 cm³/mol. The average molecular weight is 486 g/mol. The van der Waals surface area contributed by atoms with Crippen LogP contribution in [0.4, 0.5) is 5.69 Å². The van der Waals surface area contributed by atoms with Crippen LogP contribution in [0.25, 0.3) is 0 Å². The monoisotopic (exact) mass is 485 g/mol. The van der Waals surface area contributed by atoms with Crippen LogP contribution in [0.1, 0.15) is 44.9 Å². The zero-order valence-corrected chi connectivity index (χ0v) is 19.5. The topological polar surface area (TPSA) is 80.8 Å². The zero-order chi connectivity index (χ0) is 24.5. The maximum atomic E-state index is 13.9. The molecule has 35 heavy (non-hydrogen) atoms. The van der Waals surface area contributed by atoms with Gasteiger partial charge in [0.2, 0.25) is 29.0 Å². The molecule has 1 aliphatic carbocycles. The molecule has 3 aliphatic rings. The second kappa shape index (κ2) is 7.70. The van der Waals surface area contributed by atoms with Gasteiger partial charge in [-0.25, -0.2) is 4.90 Å². The van der Waals surface area contributed by atoms with E-state index >= 15 is 0 Å². The van der Waals surface area contributed by atoms with Gasteiger partial charge in [-0.2, -0.15) is 0 Å². The van der Waals surface area contributed by atoms with Gasteiger partial charge in [0.1, 0.15) is 0 Å². The highest BCUT2D eigenvalue weighted by Gasteiger charge is 2.74. The first-order valence-electron chi connectivity index (χ1n) is 11.5. The second-order valence-corrected chi connectivity index (χ2v) is 9.50. The Morgan fingerprint density at radius 3 is 2.00 bits per heavy atom. The number of hydrogen-bond donors (Lipinski definition) is 0. The Morgan fingerprint density at radius 1 is 0.829 bits per heavy atom. The summed E-state index contributed by atoms with van der Waals surface area (Å²) in [5.74, 6) is -4.54. The van der Waals surface area contributed by atoms with E-state index in [0.29, 0.717) is 16.3 Å². The smallest absolute Gasteiger partial charge is 0.241 e. The lowest BCUT2D eigenvalue weighted by Crippen LogP contribution is -2.51. The van der Waals surface area contributed by atoms with Crippen LogP contribution in [0.15, 0.2) is 72.8 Å². The summed E-state index contributed by atoms with van der Waals surface area (Å²) in [6, 6.07) is 20.3. The van der Waals surface area contributed by atoms with E-state index in [0.717, 1.165) is 16.9 Å².